The summed E-state index contributed by atoms with van der Waals surface area (Å²) in [4.78, 5) is 12.6. The van der Waals surface area contributed by atoms with Gasteiger partial charge in [0.15, 0.2) is 5.78 Å². The van der Waals surface area contributed by atoms with Gasteiger partial charge < -0.3 is 5.32 Å². The zero-order valence-electron chi connectivity index (χ0n) is 11.8. The third-order valence-electron chi connectivity index (χ3n) is 4.66. The van der Waals surface area contributed by atoms with Crippen molar-refractivity contribution in [2.45, 2.75) is 50.9 Å². The first-order valence-corrected chi connectivity index (χ1v) is 7.32. The third kappa shape index (κ3) is 2.84. The normalized spacial score (nSPS) is 28.7. The van der Waals surface area contributed by atoms with E-state index in [9.17, 15) is 18.0 Å². The van der Waals surface area contributed by atoms with Crippen molar-refractivity contribution in [3.05, 3.63) is 34.9 Å². The Morgan fingerprint density at radius 3 is 2.33 bits per heavy atom. The minimum Gasteiger partial charge on any atom is -0.311 e. The highest BCUT2D eigenvalue weighted by Gasteiger charge is 2.37. The Bertz CT molecular complexity index is 555. The molecule has 2 aliphatic heterocycles. The summed E-state index contributed by atoms with van der Waals surface area (Å²) in [5, 5.41) is 3.47. The largest absolute Gasteiger partial charge is 0.416 e. The van der Waals surface area contributed by atoms with E-state index in [1.54, 1.807) is 6.92 Å². The van der Waals surface area contributed by atoms with Crippen molar-refractivity contribution < 1.29 is 18.0 Å². The first-order valence-electron chi connectivity index (χ1n) is 7.32. The van der Waals surface area contributed by atoms with E-state index in [0.717, 1.165) is 37.8 Å². The van der Waals surface area contributed by atoms with E-state index in [2.05, 4.69) is 5.32 Å². The molecule has 114 valence electrons. The number of carbonyl (C=O) groups excluding carboxylic acids is 1. The van der Waals surface area contributed by atoms with Gasteiger partial charge in [0.25, 0.3) is 0 Å². The predicted molar refractivity (Wildman–Crippen MR) is 73.2 cm³/mol. The number of rotatable bonds is 2. The Morgan fingerprint density at radius 1 is 1.19 bits per heavy atom. The van der Waals surface area contributed by atoms with Crippen molar-refractivity contribution in [1.82, 2.24) is 5.32 Å². The minimum absolute atomic E-state index is 0.000348. The molecule has 3 rings (SSSR count). The lowest BCUT2D eigenvalue weighted by molar-refractivity contribution is -0.137. The van der Waals surface area contributed by atoms with Crippen LogP contribution in [0.2, 0.25) is 0 Å². The average molecular weight is 297 g/mol. The van der Waals surface area contributed by atoms with Crippen LogP contribution in [0.3, 0.4) is 0 Å². The number of halogens is 3. The number of benzene rings is 1. The van der Waals surface area contributed by atoms with Gasteiger partial charge in [-0.2, -0.15) is 13.2 Å². The molecule has 5 heteroatoms. The quantitative estimate of drug-likeness (QED) is 0.843. The van der Waals surface area contributed by atoms with Crippen LogP contribution in [0.4, 0.5) is 13.2 Å². The molecule has 21 heavy (non-hydrogen) atoms. The van der Waals surface area contributed by atoms with Crippen LogP contribution in [0.5, 0.6) is 0 Å². The van der Waals surface area contributed by atoms with E-state index >= 15 is 0 Å². The summed E-state index contributed by atoms with van der Waals surface area (Å²) in [6.07, 6.45) is -0.563. The lowest BCUT2D eigenvalue weighted by atomic mass is 9.84. The number of hydrogen-bond donors (Lipinski definition) is 1. The first-order chi connectivity index (χ1) is 9.84. The Labute approximate surface area is 121 Å². The molecule has 2 unspecified atom stereocenters. The zero-order valence-corrected chi connectivity index (χ0v) is 11.8. The maximum atomic E-state index is 12.7. The maximum Gasteiger partial charge on any atom is 0.416 e. The number of aryl methyl sites for hydroxylation is 1. The molecule has 0 saturated carbocycles. The SMILES string of the molecule is Cc1cc(C(F)(F)F)ccc1C(=O)C1CC2CCC(C1)N2. The van der Waals surface area contributed by atoms with Gasteiger partial charge in [-0.1, -0.05) is 6.07 Å². The van der Waals surface area contributed by atoms with E-state index in [0.29, 0.717) is 23.2 Å². The van der Waals surface area contributed by atoms with Crippen molar-refractivity contribution in [3.8, 4) is 0 Å². The average Bonchev–Trinajstić information content (AvgIpc) is 2.75. The number of Topliss-reactive ketones (excluding diaryl/α,β-unsaturated/α-hetero) is 1. The molecular formula is C16H18F3NO. The Morgan fingerprint density at radius 2 is 1.81 bits per heavy atom. The van der Waals surface area contributed by atoms with E-state index < -0.39 is 11.7 Å². The van der Waals surface area contributed by atoms with E-state index in [-0.39, 0.29) is 11.7 Å². The van der Waals surface area contributed by atoms with Gasteiger partial charge in [0.05, 0.1) is 5.56 Å². The first kappa shape index (κ1) is 14.6. The van der Waals surface area contributed by atoms with Crippen LogP contribution in [-0.4, -0.2) is 17.9 Å². The van der Waals surface area contributed by atoms with Crippen molar-refractivity contribution in [2.75, 3.05) is 0 Å². The fraction of sp³-hybridized carbons (Fsp3) is 0.562. The smallest absolute Gasteiger partial charge is 0.311 e. The number of alkyl halides is 3. The van der Waals surface area contributed by atoms with Gasteiger partial charge in [-0.25, -0.2) is 0 Å². The molecule has 2 saturated heterocycles. The van der Waals surface area contributed by atoms with Crippen LogP contribution in [0.15, 0.2) is 18.2 Å². The van der Waals surface area contributed by atoms with Crippen LogP contribution in [0.25, 0.3) is 0 Å². The Hall–Kier alpha value is -1.36. The van der Waals surface area contributed by atoms with Gasteiger partial charge >= 0.3 is 6.18 Å². The van der Waals surface area contributed by atoms with Crippen molar-refractivity contribution >= 4 is 5.78 Å². The fourth-order valence-corrected chi connectivity index (χ4v) is 3.61. The molecule has 2 fully saturated rings. The molecule has 2 bridgehead atoms. The zero-order chi connectivity index (χ0) is 15.2. The van der Waals surface area contributed by atoms with Gasteiger partial charge in [0.1, 0.15) is 0 Å². The molecule has 0 spiro atoms. The predicted octanol–water partition coefficient (Wildman–Crippen LogP) is 3.73. The van der Waals surface area contributed by atoms with Crippen LogP contribution >= 0.6 is 0 Å². The molecule has 2 atom stereocenters. The van der Waals surface area contributed by atoms with Crippen LogP contribution in [-0.2, 0) is 6.18 Å². The molecule has 0 radical (unpaired) electrons. The Balaban J connectivity index is 1.82. The fourth-order valence-electron chi connectivity index (χ4n) is 3.61. The van der Waals surface area contributed by atoms with Gasteiger partial charge in [0.2, 0.25) is 0 Å². The third-order valence-corrected chi connectivity index (χ3v) is 4.66. The monoisotopic (exact) mass is 297 g/mol. The molecule has 2 heterocycles. The second kappa shape index (κ2) is 5.13. The molecule has 1 aromatic carbocycles. The van der Waals surface area contributed by atoms with Gasteiger partial charge in [-0.05, 0) is 50.3 Å². The minimum atomic E-state index is -4.36. The highest BCUT2D eigenvalue weighted by atomic mass is 19.4. The second-order valence-corrected chi connectivity index (χ2v) is 6.20. The van der Waals surface area contributed by atoms with Crippen LogP contribution in [0.1, 0.15) is 47.2 Å². The molecule has 2 nitrogen and oxygen atoms in total. The van der Waals surface area contributed by atoms with Crippen molar-refractivity contribution in [2.24, 2.45) is 5.92 Å². The summed E-state index contributed by atoms with van der Waals surface area (Å²) >= 11 is 0. The van der Waals surface area contributed by atoms with Crippen LogP contribution < -0.4 is 5.32 Å². The lowest BCUT2D eigenvalue weighted by Gasteiger charge is -2.28. The van der Waals surface area contributed by atoms with Crippen molar-refractivity contribution in [3.63, 3.8) is 0 Å². The van der Waals surface area contributed by atoms with Crippen LogP contribution in [0, 0.1) is 12.8 Å². The molecule has 0 aromatic heterocycles. The molecule has 2 aliphatic rings. The maximum absolute atomic E-state index is 12.7. The number of carbonyl (C=O) groups is 1. The van der Waals surface area contributed by atoms with Crippen molar-refractivity contribution in [1.29, 1.82) is 0 Å². The summed E-state index contributed by atoms with van der Waals surface area (Å²) in [7, 11) is 0. The summed E-state index contributed by atoms with van der Waals surface area (Å²) in [5.41, 5.74) is 0.164. The number of fused-ring (bicyclic) bond motifs is 2. The number of hydrogen-bond acceptors (Lipinski definition) is 2. The number of nitrogens with one attached hydrogen (secondary N) is 1. The lowest BCUT2D eigenvalue weighted by Crippen LogP contribution is -2.40. The molecule has 1 N–H and O–H groups in total. The van der Waals surface area contributed by atoms with E-state index in [4.69, 9.17) is 0 Å². The second-order valence-electron chi connectivity index (χ2n) is 6.20. The molecule has 0 amide bonds. The Kier molecular flexibility index (Phi) is 3.56. The summed E-state index contributed by atoms with van der Waals surface area (Å²) < 4.78 is 38.0. The highest BCUT2D eigenvalue weighted by Crippen LogP contribution is 2.35. The number of piperidine rings is 1. The van der Waals surface area contributed by atoms with Gasteiger partial charge in [0, 0.05) is 23.6 Å². The number of ketones is 1. The highest BCUT2D eigenvalue weighted by molar-refractivity contribution is 5.99. The standard InChI is InChI=1S/C16H18F3NO/c1-9-6-11(16(17,18)19)2-5-14(9)15(21)10-7-12-3-4-13(8-10)20-12/h2,5-6,10,12-13,20H,3-4,7-8H2,1H3. The summed E-state index contributed by atoms with van der Waals surface area (Å²) in [6, 6.07) is 4.21. The van der Waals surface area contributed by atoms with Gasteiger partial charge in [-0.15, -0.1) is 0 Å². The molecule has 1 aromatic rings. The van der Waals surface area contributed by atoms with E-state index in [1.165, 1.54) is 6.07 Å². The van der Waals surface area contributed by atoms with Gasteiger partial charge in [-0.3, -0.25) is 4.79 Å². The molecule has 0 aliphatic carbocycles. The summed E-state index contributed by atoms with van der Waals surface area (Å²) in [6.45, 7) is 1.58. The molecular weight excluding hydrogens is 279 g/mol. The van der Waals surface area contributed by atoms with E-state index in [1.807, 2.05) is 0 Å². The topological polar surface area (TPSA) is 29.1 Å². The summed E-state index contributed by atoms with van der Waals surface area (Å²) in [5.74, 6) is -0.0567.